The van der Waals surface area contributed by atoms with Crippen LogP contribution in [0.25, 0.3) is 22.6 Å². The Morgan fingerprint density at radius 2 is 2.00 bits per heavy atom. The van der Waals surface area contributed by atoms with E-state index in [-0.39, 0.29) is 0 Å². The summed E-state index contributed by atoms with van der Waals surface area (Å²) in [4.78, 5) is 4.66. The molecular weight excluding hydrogens is 260 g/mol. The van der Waals surface area contributed by atoms with Gasteiger partial charge in [-0.25, -0.2) is 4.98 Å². The fourth-order valence-electron chi connectivity index (χ4n) is 2.12. The molecule has 0 N–H and O–H groups in total. The fourth-order valence-corrected chi connectivity index (χ4v) is 2.31. The minimum atomic E-state index is 0.457. The smallest absolute Gasteiger partial charge is 0.144 e. The molecule has 1 aromatic carbocycles. The molecule has 0 spiro atoms. The molecule has 0 bridgehead atoms. The van der Waals surface area contributed by atoms with Gasteiger partial charge in [-0.1, -0.05) is 41.9 Å². The molecule has 0 saturated heterocycles. The van der Waals surface area contributed by atoms with Crippen LogP contribution in [0.15, 0.2) is 48.7 Å². The second kappa shape index (κ2) is 5.03. The van der Waals surface area contributed by atoms with Gasteiger partial charge in [-0.15, -0.1) is 0 Å². The molecule has 0 aromatic heterocycles. The van der Waals surface area contributed by atoms with E-state index in [1.165, 1.54) is 0 Å². The average Bonchev–Trinajstić information content (AvgIpc) is 2.89. The molecule has 4 heteroatoms. The molecule has 2 aliphatic rings. The van der Waals surface area contributed by atoms with Crippen molar-refractivity contribution >= 4 is 11.6 Å². The molecule has 0 amide bonds. The monoisotopic (exact) mass is 272 g/mol. The van der Waals surface area contributed by atoms with E-state index in [4.69, 9.17) is 16.3 Å². The maximum absolute atomic E-state index is 6.24. The summed E-state index contributed by atoms with van der Waals surface area (Å²) in [6, 6.07) is 13.9. The number of methoxy groups -OCH3 is 1. The van der Waals surface area contributed by atoms with Crippen LogP contribution in [0, 0.1) is 0 Å². The molecule has 0 radical (unpaired) electrons. The minimum absolute atomic E-state index is 0.457. The van der Waals surface area contributed by atoms with Crippen molar-refractivity contribution in [3.05, 3.63) is 53.7 Å². The van der Waals surface area contributed by atoms with E-state index in [2.05, 4.69) is 4.98 Å². The highest BCUT2D eigenvalue weighted by molar-refractivity contribution is 6.33. The zero-order valence-corrected chi connectivity index (χ0v) is 11.3. The molecule has 3 nitrogen and oxygen atoms in total. The molecule has 3 rings (SSSR count). The topological polar surface area (TPSA) is 27.1 Å². The number of hydrogen-bond acceptors (Lipinski definition) is 2. The zero-order chi connectivity index (χ0) is 13.2. The molecule has 2 heterocycles. The number of fused-ring (bicyclic) bond motifs is 1. The Balaban J connectivity index is 2.16. The van der Waals surface area contributed by atoms with Gasteiger partial charge in [-0.2, -0.15) is 0 Å². The number of hydrogen-bond donors (Lipinski definition) is 0. The largest absolute Gasteiger partial charge is 0.364 e. The van der Waals surface area contributed by atoms with Gasteiger partial charge in [-0.05, 0) is 12.1 Å². The van der Waals surface area contributed by atoms with Gasteiger partial charge in [-0.3, -0.25) is 0 Å². The van der Waals surface area contributed by atoms with Crippen molar-refractivity contribution < 1.29 is 4.74 Å². The first-order valence-corrected chi connectivity index (χ1v) is 6.37. The molecular formula is C15H13ClN2O. The Bertz CT molecular complexity index is 663. The van der Waals surface area contributed by atoms with E-state index >= 15 is 0 Å². The van der Waals surface area contributed by atoms with Gasteiger partial charge in [0.2, 0.25) is 0 Å². The summed E-state index contributed by atoms with van der Waals surface area (Å²) in [5.41, 5.74) is 2.95. The molecule has 0 fully saturated rings. The van der Waals surface area contributed by atoms with Crippen molar-refractivity contribution in [1.29, 1.82) is 0 Å². The summed E-state index contributed by atoms with van der Waals surface area (Å²) in [5.74, 6) is 0.841. The summed E-state index contributed by atoms with van der Waals surface area (Å²) in [5, 5.41) is 0.706. The van der Waals surface area contributed by atoms with Crippen LogP contribution in [-0.2, 0) is 11.5 Å². The summed E-state index contributed by atoms with van der Waals surface area (Å²) in [6.07, 6.45) is 1.88. The lowest BCUT2D eigenvalue weighted by Gasteiger charge is -2.10. The van der Waals surface area contributed by atoms with Crippen LogP contribution in [0.4, 0.5) is 0 Å². The summed E-state index contributed by atoms with van der Waals surface area (Å²) < 4.78 is 7.11. The number of halogens is 1. The van der Waals surface area contributed by atoms with Gasteiger partial charge >= 0.3 is 0 Å². The Labute approximate surface area is 116 Å². The number of aromatic nitrogens is 2. The highest BCUT2D eigenvalue weighted by Crippen LogP contribution is 2.33. The van der Waals surface area contributed by atoms with Crippen LogP contribution in [0.1, 0.15) is 0 Å². The first kappa shape index (κ1) is 12.2. The van der Waals surface area contributed by atoms with Crippen LogP contribution in [-0.4, -0.2) is 16.7 Å². The minimum Gasteiger partial charge on any atom is -0.364 e. The lowest BCUT2D eigenvalue weighted by atomic mass is 10.1. The molecule has 19 heavy (non-hydrogen) atoms. The van der Waals surface area contributed by atoms with Gasteiger partial charge in [0, 0.05) is 24.4 Å². The quantitative estimate of drug-likeness (QED) is 0.723. The average molecular weight is 273 g/mol. The number of ether oxygens (including phenoxy) is 1. The Morgan fingerprint density at radius 1 is 1.21 bits per heavy atom. The standard InChI is InChI=1S/C15H13ClN2O/c1-19-10-18-8-7-13(16)12-9-14(17-15(12)18)11-5-3-2-4-6-11/h2-9H,10H2,1H3. The second-order valence-corrected chi connectivity index (χ2v) is 4.70. The first-order valence-electron chi connectivity index (χ1n) is 5.99. The molecule has 2 aliphatic heterocycles. The number of rotatable bonds is 3. The van der Waals surface area contributed by atoms with Crippen molar-refractivity contribution in [3.63, 3.8) is 0 Å². The Morgan fingerprint density at radius 3 is 2.74 bits per heavy atom. The third-order valence-electron chi connectivity index (χ3n) is 3.02. The van der Waals surface area contributed by atoms with Crippen LogP contribution < -0.4 is 0 Å². The summed E-state index contributed by atoms with van der Waals surface area (Å²) in [7, 11) is 1.66. The molecule has 0 aliphatic carbocycles. The third-order valence-corrected chi connectivity index (χ3v) is 3.35. The Hall–Kier alpha value is -1.84. The fraction of sp³-hybridized carbons (Fsp3) is 0.133. The molecule has 0 atom stereocenters. The highest BCUT2D eigenvalue weighted by Gasteiger charge is 2.16. The van der Waals surface area contributed by atoms with Crippen molar-refractivity contribution in [2.24, 2.45) is 0 Å². The lowest BCUT2D eigenvalue weighted by Crippen LogP contribution is -2.04. The first-order chi connectivity index (χ1) is 9.29. The van der Waals surface area contributed by atoms with Crippen LogP contribution >= 0.6 is 11.6 Å². The number of nitrogens with zero attached hydrogens (tertiary/aromatic N) is 2. The lowest BCUT2D eigenvalue weighted by molar-refractivity contribution is 0.131. The molecule has 96 valence electrons. The second-order valence-electron chi connectivity index (χ2n) is 4.30. The van der Waals surface area contributed by atoms with Gasteiger partial charge in [0.15, 0.2) is 0 Å². The maximum atomic E-state index is 6.24. The van der Waals surface area contributed by atoms with E-state index in [0.29, 0.717) is 11.8 Å². The maximum Gasteiger partial charge on any atom is 0.144 e. The highest BCUT2D eigenvalue weighted by atomic mass is 35.5. The predicted molar refractivity (Wildman–Crippen MR) is 76.3 cm³/mol. The third kappa shape index (κ3) is 2.23. The SMILES string of the molecule is COCn1ccc(Cl)c2cc(-c3ccccc3)nc1-2. The molecule has 0 unspecified atom stereocenters. The van der Waals surface area contributed by atoms with Crippen molar-refractivity contribution in [3.8, 4) is 22.6 Å². The van der Waals surface area contributed by atoms with E-state index in [1.54, 1.807) is 7.11 Å². The van der Waals surface area contributed by atoms with Crippen molar-refractivity contribution in [2.75, 3.05) is 7.11 Å². The van der Waals surface area contributed by atoms with Crippen LogP contribution in [0.5, 0.6) is 0 Å². The van der Waals surface area contributed by atoms with E-state index in [9.17, 15) is 0 Å². The summed E-state index contributed by atoms with van der Waals surface area (Å²) >= 11 is 6.24. The predicted octanol–water partition coefficient (Wildman–Crippen LogP) is 3.91. The van der Waals surface area contributed by atoms with E-state index in [1.807, 2.05) is 53.2 Å². The Kier molecular flexibility index (Phi) is 3.23. The van der Waals surface area contributed by atoms with Crippen LogP contribution in [0.2, 0.25) is 5.02 Å². The zero-order valence-electron chi connectivity index (χ0n) is 10.5. The van der Waals surface area contributed by atoms with E-state index in [0.717, 1.165) is 22.6 Å². The van der Waals surface area contributed by atoms with Gasteiger partial charge < -0.3 is 9.30 Å². The van der Waals surface area contributed by atoms with Gasteiger partial charge in [0.25, 0.3) is 0 Å². The number of benzene rings is 1. The summed E-state index contributed by atoms with van der Waals surface area (Å²) in [6.45, 7) is 0.457. The molecule has 1 aromatic rings. The normalized spacial score (nSPS) is 11.1. The molecule has 0 saturated carbocycles. The van der Waals surface area contributed by atoms with Crippen LogP contribution in [0.3, 0.4) is 0 Å². The van der Waals surface area contributed by atoms with E-state index < -0.39 is 0 Å². The van der Waals surface area contributed by atoms with Gasteiger partial charge in [0.05, 0.1) is 10.7 Å². The van der Waals surface area contributed by atoms with Gasteiger partial charge in [0.1, 0.15) is 12.6 Å². The number of pyridine rings is 1. The van der Waals surface area contributed by atoms with Crippen molar-refractivity contribution in [1.82, 2.24) is 9.55 Å². The van der Waals surface area contributed by atoms with Crippen molar-refractivity contribution in [2.45, 2.75) is 6.73 Å².